The average Bonchev–Trinajstić information content (AvgIpc) is 2.59. The van der Waals surface area contributed by atoms with Crippen molar-refractivity contribution in [3.05, 3.63) is 28.3 Å². The summed E-state index contributed by atoms with van der Waals surface area (Å²) in [6.07, 6.45) is -0.930. The van der Waals surface area contributed by atoms with Gasteiger partial charge in [-0.2, -0.15) is 0 Å². The summed E-state index contributed by atoms with van der Waals surface area (Å²) in [5.74, 6) is 0.541. The zero-order valence-electron chi connectivity index (χ0n) is 15.2. The fourth-order valence-electron chi connectivity index (χ4n) is 2.81. The standard InChI is InChI=1S/C18H25ClN2O4/c1-5-24-18(23)21-8-6-20(7-9-21)17(22)14(4)25-15-10-12(2)16(19)13(3)11-15/h10-11,14H,5-9H2,1-4H3/t14-/m1/s1. The highest BCUT2D eigenvalue weighted by molar-refractivity contribution is 6.32. The SMILES string of the molecule is CCOC(=O)N1CCN(C(=O)[C@@H](C)Oc2cc(C)c(Cl)c(C)c2)CC1. The van der Waals surface area contributed by atoms with Crippen LogP contribution < -0.4 is 4.74 Å². The monoisotopic (exact) mass is 368 g/mol. The van der Waals surface area contributed by atoms with Crippen LogP contribution in [0.5, 0.6) is 5.75 Å². The first-order valence-corrected chi connectivity index (χ1v) is 8.85. The van der Waals surface area contributed by atoms with Gasteiger partial charge in [0.2, 0.25) is 0 Å². The van der Waals surface area contributed by atoms with Crippen molar-refractivity contribution in [3.8, 4) is 5.75 Å². The lowest BCUT2D eigenvalue weighted by atomic mass is 10.1. The molecule has 25 heavy (non-hydrogen) atoms. The number of halogens is 1. The average molecular weight is 369 g/mol. The van der Waals surface area contributed by atoms with Crippen LogP contribution in [0.15, 0.2) is 12.1 Å². The van der Waals surface area contributed by atoms with E-state index >= 15 is 0 Å². The first-order valence-electron chi connectivity index (χ1n) is 8.47. The zero-order chi connectivity index (χ0) is 18.6. The molecule has 6 nitrogen and oxygen atoms in total. The molecule has 1 aromatic carbocycles. The van der Waals surface area contributed by atoms with Crippen molar-refractivity contribution in [3.63, 3.8) is 0 Å². The van der Waals surface area contributed by atoms with Gasteiger partial charge in [0, 0.05) is 31.2 Å². The van der Waals surface area contributed by atoms with Crippen molar-refractivity contribution in [1.29, 1.82) is 0 Å². The number of amides is 2. The molecule has 2 rings (SSSR count). The van der Waals surface area contributed by atoms with Gasteiger partial charge < -0.3 is 19.3 Å². The molecule has 1 fully saturated rings. The fraction of sp³-hybridized carbons (Fsp3) is 0.556. The third-order valence-electron chi connectivity index (χ3n) is 4.19. The van der Waals surface area contributed by atoms with E-state index in [1.807, 2.05) is 26.0 Å². The molecular formula is C18H25ClN2O4. The van der Waals surface area contributed by atoms with Crippen LogP contribution in [-0.4, -0.2) is 60.7 Å². The summed E-state index contributed by atoms with van der Waals surface area (Å²) < 4.78 is 10.8. The summed E-state index contributed by atoms with van der Waals surface area (Å²) in [6, 6.07) is 3.66. The molecule has 0 saturated carbocycles. The van der Waals surface area contributed by atoms with Crippen molar-refractivity contribution in [2.24, 2.45) is 0 Å². The minimum Gasteiger partial charge on any atom is -0.481 e. The Morgan fingerprint density at radius 1 is 1.12 bits per heavy atom. The molecule has 1 atom stereocenters. The number of ether oxygens (including phenoxy) is 2. The van der Waals surface area contributed by atoms with Gasteiger partial charge in [0.15, 0.2) is 6.10 Å². The predicted molar refractivity (Wildman–Crippen MR) is 96.2 cm³/mol. The van der Waals surface area contributed by atoms with Crippen molar-refractivity contribution in [2.45, 2.75) is 33.8 Å². The summed E-state index contributed by atoms with van der Waals surface area (Å²) in [4.78, 5) is 27.6. The maximum atomic E-state index is 12.6. The Hall–Kier alpha value is -1.95. The van der Waals surface area contributed by atoms with E-state index in [0.29, 0.717) is 43.6 Å². The number of hydrogen-bond acceptors (Lipinski definition) is 4. The summed E-state index contributed by atoms with van der Waals surface area (Å²) in [5.41, 5.74) is 1.83. The van der Waals surface area contributed by atoms with Gasteiger partial charge >= 0.3 is 6.09 Å². The molecule has 1 aliphatic heterocycles. The highest BCUT2D eigenvalue weighted by Crippen LogP contribution is 2.26. The lowest BCUT2D eigenvalue weighted by Gasteiger charge is -2.35. The number of piperazine rings is 1. The smallest absolute Gasteiger partial charge is 0.409 e. The molecule has 1 heterocycles. The van der Waals surface area contributed by atoms with Crippen LogP contribution in [0.25, 0.3) is 0 Å². The second-order valence-electron chi connectivity index (χ2n) is 6.14. The normalized spacial score (nSPS) is 15.7. The van der Waals surface area contributed by atoms with Crippen molar-refractivity contribution >= 4 is 23.6 Å². The molecule has 0 spiro atoms. The maximum Gasteiger partial charge on any atom is 0.409 e. The van der Waals surface area contributed by atoms with Crippen LogP contribution in [0.1, 0.15) is 25.0 Å². The molecule has 1 aromatic rings. The molecule has 7 heteroatoms. The summed E-state index contributed by atoms with van der Waals surface area (Å²) >= 11 is 6.16. The molecule has 138 valence electrons. The maximum absolute atomic E-state index is 12.6. The fourth-order valence-corrected chi connectivity index (χ4v) is 2.92. The van der Waals surface area contributed by atoms with E-state index in [0.717, 1.165) is 11.1 Å². The Balaban J connectivity index is 1.92. The lowest BCUT2D eigenvalue weighted by molar-refractivity contribution is -0.139. The third-order valence-corrected chi connectivity index (χ3v) is 4.78. The first kappa shape index (κ1) is 19.4. The highest BCUT2D eigenvalue weighted by atomic mass is 35.5. The number of hydrogen-bond donors (Lipinski definition) is 0. The quantitative estimate of drug-likeness (QED) is 0.819. The minimum absolute atomic E-state index is 0.0891. The van der Waals surface area contributed by atoms with E-state index in [4.69, 9.17) is 21.1 Å². The molecule has 0 radical (unpaired) electrons. The Bertz CT molecular complexity index is 619. The summed E-state index contributed by atoms with van der Waals surface area (Å²) in [5, 5.41) is 0.710. The number of carbonyl (C=O) groups excluding carboxylic acids is 2. The van der Waals surface area contributed by atoms with Gasteiger partial charge in [0.1, 0.15) is 5.75 Å². The van der Waals surface area contributed by atoms with Gasteiger partial charge in [-0.1, -0.05) is 11.6 Å². The van der Waals surface area contributed by atoms with Crippen LogP contribution in [0.2, 0.25) is 5.02 Å². The Morgan fingerprint density at radius 2 is 1.64 bits per heavy atom. The molecular weight excluding hydrogens is 344 g/mol. The van der Waals surface area contributed by atoms with Gasteiger partial charge in [-0.05, 0) is 51.0 Å². The molecule has 1 aliphatic rings. The molecule has 0 unspecified atom stereocenters. The highest BCUT2D eigenvalue weighted by Gasteiger charge is 2.28. The Labute approximate surface area is 153 Å². The van der Waals surface area contributed by atoms with E-state index in [9.17, 15) is 9.59 Å². The molecule has 0 bridgehead atoms. The molecule has 1 saturated heterocycles. The molecule has 0 N–H and O–H groups in total. The van der Waals surface area contributed by atoms with Crippen molar-refractivity contribution in [1.82, 2.24) is 9.80 Å². The van der Waals surface area contributed by atoms with Crippen molar-refractivity contribution < 1.29 is 19.1 Å². The second kappa shape index (κ2) is 8.43. The second-order valence-corrected chi connectivity index (χ2v) is 6.52. The van der Waals surface area contributed by atoms with Gasteiger partial charge in [-0.25, -0.2) is 4.79 Å². The van der Waals surface area contributed by atoms with Crippen LogP contribution in [0, 0.1) is 13.8 Å². The van der Waals surface area contributed by atoms with Gasteiger partial charge in [-0.15, -0.1) is 0 Å². The zero-order valence-corrected chi connectivity index (χ0v) is 15.9. The van der Waals surface area contributed by atoms with Crippen molar-refractivity contribution in [2.75, 3.05) is 32.8 Å². The van der Waals surface area contributed by atoms with E-state index in [1.54, 1.807) is 23.6 Å². The number of benzene rings is 1. The van der Waals surface area contributed by atoms with Crippen LogP contribution in [0.4, 0.5) is 4.79 Å². The van der Waals surface area contributed by atoms with E-state index in [-0.39, 0.29) is 12.0 Å². The molecule has 0 aliphatic carbocycles. The van der Waals surface area contributed by atoms with E-state index in [1.165, 1.54) is 0 Å². The largest absolute Gasteiger partial charge is 0.481 e. The van der Waals surface area contributed by atoms with E-state index in [2.05, 4.69) is 0 Å². The Morgan fingerprint density at radius 3 is 2.16 bits per heavy atom. The summed E-state index contributed by atoms with van der Waals surface area (Å²) in [6.45, 7) is 9.56. The minimum atomic E-state index is -0.603. The first-order chi connectivity index (χ1) is 11.8. The van der Waals surface area contributed by atoms with E-state index < -0.39 is 6.10 Å². The lowest BCUT2D eigenvalue weighted by Crippen LogP contribution is -2.53. The van der Waals surface area contributed by atoms with Crippen LogP contribution >= 0.6 is 11.6 Å². The molecule has 0 aromatic heterocycles. The third kappa shape index (κ3) is 4.78. The van der Waals surface area contributed by atoms with Crippen LogP contribution in [0.3, 0.4) is 0 Å². The topological polar surface area (TPSA) is 59.1 Å². The van der Waals surface area contributed by atoms with Gasteiger partial charge in [0.05, 0.1) is 6.61 Å². The number of carbonyl (C=O) groups is 2. The predicted octanol–water partition coefficient (Wildman–Crippen LogP) is 3.02. The Kier molecular flexibility index (Phi) is 6.53. The van der Waals surface area contributed by atoms with Gasteiger partial charge in [0.25, 0.3) is 5.91 Å². The number of aryl methyl sites for hydroxylation is 2. The number of rotatable bonds is 4. The van der Waals surface area contributed by atoms with Crippen LogP contribution in [-0.2, 0) is 9.53 Å². The summed E-state index contributed by atoms with van der Waals surface area (Å²) in [7, 11) is 0. The number of nitrogens with zero attached hydrogens (tertiary/aromatic N) is 2. The molecule has 2 amide bonds. The van der Waals surface area contributed by atoms with Gasteiger partial charge in [-0.3, -0.25) is 4.79 Å².